The van der Waals surface area contributed by atoms with E-state index in [4.69, 9.17) is 0 Å². The molecule has 0 spiro atoms. The number of aromatic hydroxyl groups is 2. The Labute approximate surface area is 98.8 Å². The van der Waals surface area contributed by atoms with Crippen molar-refractivity contribution in [2.75, 3.05) is 14.2 Å². The molecule has 0 saturated carbocycles. The fourth-order valence-electron chi connectivity index (χ4n) is 1.08. The smallest absolute Gasteiger partial charge is 0.133 e. The molecule has 3 nitrogen and oxygen atoms in total. The second kappa shape index (κ2) is 5.98. The molecule has 0 atom stereocenters. The van der Waals surface area contributed by atoms with Gasteiger partial charge in [0, 0.05) is 19.8 Å². The van der Waals surface area contributed by atoms with Gasteiger partial charge in [-0.05, 0) is 47.8 Å². The van der Waals surface area contributed by atoms with Crippen molar-refractivity contribution in [1.29, 1.82) is 0 Å². The van der Waals surface area contributed by atoms with Crippen molar-refractivity contribution in [2.45, 2.75) is 20.8 Å². The van der Waals surface area contributed by atoms with Crippen molar-refractivity contribution in [3.63, 3.8) is 0 Å². The third-order valence-electron chi connectivity index (χ3n) is 2.17. The fraction of sp³-hybridized carbons (Fsp3) is 0.455. The maximum Gasteiger partial charge on any atom is 0.133 e. The summed E-state index contributed by atoms with van der Waals surface area (Å²) >= 11 is 3.20. The van der Waals surface area contributed by atoms with Crippen LogP contribution in [-0.2, 0) is 4.74 Å². The van der Waals surface area contributed by atoms with Gasteiger partial charge in [-0.15, -0.1) is 0 Å². The van der Waals surface area contributed by atoms with Crippen LogP contribution in [0.5, 0.6) is 11.5 Å². The average molecular weight is 277 g/mol. The van der Waals surface area contributed by atoms with Crippen molar-refractivity contribution in [3.05, 3.63) is 21.2 Å². The number of halogens is 1. The van der Waals surface area contributed by atoms with Gasteiger partial charge in [-0.25, -0.2) is 0 Å². The van der Waals surface area contributed by atoms with Gasteiger partial charge >= 0.3 is 0 Å². The van der Waals surface area contributed by atoms with Crippen molar-refractivity contribution < 1.29 is 14.9 Å². The van der Waals surface area contributed by atoms with Crippen LogP contribution in [0.2, 0.25) is 0 Å². The van der Waals surface area contributed by atoms with Crippen LogP contribution in [0, 0.1) is 20.8 Å². The number of hydrogen-bond donors (Lipinski definition) is 2. The number of benzene rings is 1. The molecule has 4 heteroatoms. The van der Waals surface area contributed by atoms with Crippen LogP contribution < -0.4 is 0 Å². The van der Waals surface area contributed by atoms with Crippen LogP contribution in [0.4, 0.5) is 0 Å². The maximum absolute atomic E-state index is 9.55. The van der Waals surface area contributed by atoms with E-state index in [1.54, 1.807) is 35.0 Å². The molecule has 1 aromatic rings. The van der Waals surface area contributed by atoms with Gasteiger partial charge in [-0.3, -0.25) is 0 Å². The molecule has 0 aliphatic rings. The summed E-state index contributed by atoms with van der Waals surface area (Å²) in [5, 5.41) is 19.1. The van der Waals surface area contributed by atoms with Crippen LogP contribution in [-0.4, -0.2) is 24.4 Å². The highest BCUT2D eigenvalue weighted by Gasteiger charge is 2.13. The molecule has 0 aliphatic carbocycles. The quantitative estimate of drug-likeness (QED) is 0.716. The van der Waals surface area contributed by atoms with Gasteiger partial charge in [0.2, 0.25) is 0 Å². The molecule has 0 unspecified atom stereocenters. The predicted molar refractivity (Wildman–Crippen MR) is 64.6 cm³/mol. The van der Waals surface area contributed by atoms with Gasteiger partial charge in [0.25, 0.3) is 0 Å². The third kappa shape index (κ3) is 3.11. The van der Waals surface area contributed by atoms with Crippen molar-refractivity contribution in [1.82, 2.24) is 0 Å². The van der Waals surface area contributed by atoms with Crippen LogP contribution in [0.15, 0.2) is 4.47 Å². The van der Waals surface area contributed by atoms with Gasteiger partial charge in [-0.1, -0.05) is 0 Å². The van der Waals surface area contributed by atoms with Crippen molar-refractivity contribution in [3.8, 4) is 11.5 Å². The van der Waals surface area contributed by atoms with E-state index < -0.39 is 0 Å². The van der Waals surface area contributed by atoms with Crippen LogP contribution in [0.3, 0.4) is 0 Å². The molecule has 0 bridgehead atoms. The van der Waals surface area contributed by atoms with Gasteiger partial charge in [0.1, 0.15) is 11.5 Å². The van der Waals surface area contributed by atoms with E-state index in [-0.39, 0.29) is 11.5 Å². The minimum atomic E-state index is 0.211. The Bertz CT molecular complexity index is 243. The topological polar surface area (TPSA) is 49.7 Å². The maximum atomic E-state index is 9.55. The molecule has 1 aromatic carbocycles. The Hall–Kier alpha value is -0.740. The third-order valence-corrected chi connectivity index (χ3v) is 3.14. The molecule has 0 amide bonds. The number of rotatable bonds is 0. The molecule has 0 fully saturated rings. The molecular weight excluding hydrogens is 260 g/mol. The number of phenolic OH excluding ortho intramolecular Hbond substituents is 2. The molecule has 1 rings (SSSR count). The first kappa shape index (κ1) is 14.3. The van der Waals surface area contributed by atoms with E-state index >= 15 is 0 Å². The van der Waals surface area contributed by atoms with E-state index in [1.807, 2.05) is 0 Å². The van der Waals surface area contributed by atoms with E-state index in [9.17, 15) is 10.2 Å². The Morgan fingerprint density at radius 2 is 1.20 bits per heavy atom. The fourth-order valence-corrected chi connectivity index (χ4v) is 1.57. The number of hydrogen-bond acceptors (Lipinski definition) is 3. The van der Waals surface area contributed by atoms with Gasteiger partial charge in [0.15, 0.2) is 0 Å². The molecule has 0 radical (unpaired) electrons. The number of phenols is 2. The van der Waals surface area contributed by atoms with Gasteiger partial charge < -0.3 is 14.9 Å². The van der Waals surface area contributed by atoms with Crippen LogP contribution in [0.1, 0.15) is 16.7 Å². The second-order valence-electron chi connectivity index (χ2n) is 3.29. The van der Waals surface area contributed by atoms with E-state index in [0.29, 0.717) is 15.6 Å². The van der Waals surface area contributed by atoms with Crippen LogP contribution >= 0.6 is 15.9 Å². The lowest BCUT2D eigenvalue weighted by atomic mass is 10.0. The Balaban J connectivity index is 0.000000583. The Morgan fingerprint density at radius 1 is 0.867 bits per heavy atom. The number of methoxy groups -OCH3 is 1. The molecule has 0 heterocycles. The number of ether oxygens (including phenoxy) is 1. The summed E-state index contributed by atoms with van der Waals surface area (Å²) < 4.78 is 4.82. The summed E-state index contributed by atoms with van der Waals surface area (Å²) in [6.07, 6.45) is 0. The first-order valence-electron chi connectivity index (χ1n) is 4.45. The average Bonchev–Trinajstić information content (AvgIpc) is 2.22. The lowest BCUT2D eigenvalue weighted by molar-refractivity contribution is 0.277. The minimum absolute atomic E-state index is 0.211. The lowest BCUT2D eigenvalue weighted by Crippen LogP contribution is -1.88. The molecule has 0 saturated heterocycles. The first-order valence-corrected chi connectivity index (χ1v) is 5.25. The van der Waals surface area contributed by atoms with Crippen molar-refractivity contribution in [2.24, 2.45) is 0 Å². The highest BCUT2D eigenvalue weighted by atomic mass is 79.9. The standard InChI is InChI=1S/C9H11BrO2.C2H6O/c1-4-5(2)9(12)7(10)6(3)8(4)11;1-3-2/h11-12H,1-3H3;1-2H3. The molecule has 0 aromatic heterocycles. The zero-order valence-electron chi connectivity index (χ0n) is 9.68. The lowest BCUT2D eigenvalue weighted by Gasteiger charge is -2.11. The Morgan fingerprint density at radius 3 is 1.60 bits per heavy atom. The van der Waals surface area contributed by atoms with Gasteiger partial charge in [-0.2, -0.15) is 0 Å². The first-order chi connectivity index (χ1) is 6.88. The minimum Gasteiger partial charge on any atom is -0.507 e. The summed E-state index contributed by atoms with van der Waals surface area (Å²) in [6, 6.07) is 0. The molecule has 2 N–H and O–H groups in total. The summed E-state index contributed by atoms with van der Waals surface area (Å²) in [6.45, 7) is 5.31. The summed E-state index contributed by atoms with van der Waals surface area (Å²) in [7, 11) is 3.25. The molecule has 86 valence electrons. The molecule has 0 aliphatic heterocycles. The second-order valence-corrected chi connectivity index (χ2v) is 4.09. The zero-order chi connectivity index (χ0) is 12.2. The summed E-state index contributed by atoms with van der Waals surface area (Å²) in [4.78, 5) is 0. The summed E-state index contributed by atoms with van der Waals surface area (Å²) in [5.41, 5.74) is 2.12. The Kier molecular flexibility index (Phi) is 5.68. The van der Waals surface area contributed by atoms with Crippen LogP contribution in [0.25, 0.3) is 0 Å². The monoisotopic (exact) mass is 276 g/mol. The highest BCUT2D eigenvalue weighted by molar-refractivity contribution is 9.10. The largest absolute Gasteiger partial charge is 0.507 e. The SMILES string of the molecule is COC.Cc1c(C)c(O)c(Br)c(C)c1O. The summed E-state index contributed by atoms with van der Waals surface area (Å²) in [5.74, 6) is 0.458. The predicted octanol–water partition coefficient (Wildman–Crippen LogP) is 3.05. The highest BCUT2D eigenvalue weighted by Crippen LogP contribution is 2.39. The van der Waals surface area contributed by atoms with E-state index in [2.05, 4.69) is 20.7 Å². The van der Waals surface area contributed by atoms with E-state index in [1.165, 1.54) is 0 Å². The van der Waals surface area contributed by atoms with Crippen molar-refractivity contribution >= 4 is 15.9 Å². The normalized spacial score (nSPS) is 9.47. The van der Waals surface area contributed by atoms with Gasteiger partial charge in [0.05, 0.1) is 4.47 Å². The zero-order valence-corrected chi connectivity index (χ0v) is 11.3. The molecule has 15 heavy (non-hydrogen) atoms. The van der Waals surface area contributed by atoms with E-state index in [0.717, 1.165) is 5.56 Å². The molecular formula is C11H17BrO3.